The second-order valence-corrected chi connectivity index (χ2v) is 6.89. The van der Waals surface area contributed by atoms with Gasteiger partial charge in [0.25, 0.3) is 0 Å². The minimum atomic E-state index is 0.400. The molecule has 0 aliphatic rings. The molecule has 1 aromatic heterocycles. The molecular formula is C17H16ClIN2. The third-order valence-electron chi connectivity index (χ3n) is 3.62. The van der Waals surface area contributed by atoms with Crippen LogP contribution in [0.15, 0.2) is 42.5 Å². The molecule has 3 rings (SSSR count). The third kappa shape index (κ3) is 2.81. The van der Waals surface area contributed by atoms with Crippen LogP contribution in [0.25, 0.3) is 16.7 Å². The molecule has 3 aromatic rings. The molecule has 0 unspecified atom stereocenters. The first kappa shape index (κ1) is 14.9. The second-order valence-electron chi connectivity index (χ2n) is 5.38. The minimum absolute atomic E-state index is 0.400. The van der Waals surface area contributed by atoms with Crippen LogP contribution in [-0.2, 0) is 5.88 Å². The normalized spacial score (nSPS) is 11.5. The van der Waals surface area contributed by atoms with Gasteiger partial charge in [0.15, 0.2) is 0 Å². The maximum atomic E-state index is 6.09. The van der Waals surface area contributed by atoms with Crippen LogP contribution < -0.4 is 0 Å². The van der Waals surface area contributed by atoms with Gasteiger partial charge in [0.05, 0.1) is 16.9 Å². The predicted molar refractivity (Wildman–Crippen MR) is 97.4 cm³/mol. The fourth-order valence-electron chi connectivity index (χ4n) is 2.49. The standard InChI is InChI=1S/C17H16ClIN2/c1-11(2)12-3-6-14(7-4-12)21-16-8-5-13(19)9-15(16)20-17(21)10-18/h3-9,11H,10H2,1-2H3. The third-order valence-corrected chi connectivity index (χ3v) is 4.53. The molecule has 0 saturated carbocycles. The summed E-state index contributed by atoms with van der Waals surface area (Å²) in [6.07, 6.45) is 0. The van der Waals surface area contributed by atoms with Crippen molar-refractivity contribution in [2.24, 2.45) is 0 Å². The molecule has 108 valence electrons. The average Bonchev–Trinajstić information content (AvgIpc) is 2.84. The zero-order valence-corrected chi connectivity index (χ0v) is 14.9. The summed E-state index contributed by atoms with van der Waals surface area (Å²) < 4.78 is 3.32. The number of alkyl halides is 1. The lowest BCUT2D eigenvalue weighted by molar-refractivity contribution is 0.864. The highest BCUT2D eigenvalue weighted by molar-refractivity contribution is 14.1. The van der Waals surface area contributed by atoms with Gasteiger partial charge in [0, 0.05) is 9.26 Å². The Bertz CT molecular complexity index is 775. The summed E-state index contributed by atoms with van der Waals surface area (Å²) in [5.74, 6) is 1.82. The van der Waals surface area contributed by atoms with Gasteiger partial charge in [-0.2, -0.15) is 0 Å². The van der Waals surface area contributed by atoms with Crippen LogP contribution in [-0.4, -0.2) is 9.55 Å². The molecule has 2 nitrogen and oxygen atoms in total. The zero-order chi connectivity index (χ0) is 15.0. The fourth-order valence-corrected chi connectivity index (χ4v) is 3.14. The van der Waals surface area contributed by atoms with E-state index in [9.17, 15) is 0 Å². The number of fused-ring (bicyclic) bond motifs is 1. The van der Waals surface area contributed by atoms with Crippen LogP contribution >= 0.6 is 34.2 Å². The molecule has 0 radical (unpaired) electrons. The van der Waals surface area contributed by atoms with Crippen molar-refractivity contribution in [3.8, 4) is 5.69 Å². The van der Waals surface area contributed by atoms with Gasteiger partial charge in [0.1, 0.15) is 5.82 Å². The van der Waals surface area contributed by atoms with E-state index in [0.29, 0.717) is 11.8 Å². The van der Waals surface area contributed by atoms with Gasteiger partial charge in [-0.3, -0.25) is 4.57 Å². The van der Waals surface area contributed by atoms with Crippen molar-refractivity contribution in [2.45, 2.75) is 25.6 Å². The van der Waals surface area contributed by atoms with Crippen molar-refractivity contribution in [3.63, 3.8) is 0 Å². The van der Waals surface area contributed by atoms with E-state index >= 15 is 0 Å². The summed E-state index contributed by atoms with van der Waals surface area (Å²) in [4.78, 5) is 4.65. The SMILES string of the molecule is CC(C)c1ccc(-n2c(CCl)nc3cc(I)ccc32)cc1. The molecule has 2 aromatic carbocycles. The van der Waals surface area contributed by atoms with Gasteiger partial charge in [-0.25, -0.2) is 4.98 Å². The lowest BCUT2D eigenvalue weighted by Crippen LogP contribution is -1.99. The Kier molecular flexibility index (Phi) is 4.22. The Morgan fingerprint density at radius 2 is 1.86 bits per heavy atom. The average molecular weight is 411 g/mol. The van der Waals surface area contributed by atoms with Crippen molar-refractivity contribution < 1.29 is 0 Å². The van der Waals surface area contributed by atoms with Gasteiger partial charge >= 0.3 is 0 Å². The van der Waals surface area contributed by atoms with Gasteiger partial charge in [-0.15, -0.1) is 11.6 Å². The molecule has 0 saturated heterocycles. The quantitative estimate of drug-likeness (QED) is 0.412. The molecule has 0 spiro atoms. The lowest BCUT2D eigenvalue weighted by atomic mass is 10.0. The molecule has 0 aliphatic heterocycles. The molecule has 21 heavy (non-hydrogen) atoms. The number of benzene rings is 2. The highest BCUT2D eigenvalue weighted by atomic mass is 127. The summed E-state index contributed by atoms with van der Waals surface area (Å²) in [7, 11) is 0. The van der Waals surface area contributed by atoms with Crippen molar-refractivity contribution in [3.05, 3.63) is 57.4 Å². The fraction of sp³-hybridized carbons (Fsp3) is 0.235. The number of hydrogen-bond acceptors (Lipinski definition) is 1. The topological polar surface area (TPSA) is 17.8 Å². The largest absolute Gasteiger partial charge is 0.295 e. The number of aromatic nitrogens is 2. The number of hydrogen-bond donors (Lipinski definition) is 0. The van der Waals surface area contributed by atoms with E-state index in [2.05, 4.69) is 88.5 Å². The number of halogens is 2. The number of imidazole rings is 1. The predicted octanol–water partition coefficient (Wildman–Crippen LogP) is 5.49. The summed E-state index contributed by atoms with van der Waals surface area (Å²) in [5, 5.41) is 0. The Hall–Kier alpha value is -1.07. The summed E-state index contributed by atoms with van der Waals surface area (Å²) in [6.45, 7) is 4.40. The first-order valence-corrected chi connectivity index (χ1v) is 8.54. The van der Waals surface area contributed by atoms with E-state index in [0.717, 1.165) is 22.5 Å². The Morgan fingerprint density at radius 3 is 2.48 bits per heavy atom. The van der Waals surface area contributed by atoms with Crippen molar-refractivity contribution in [1.29, 1.82) is 0 Å². The van der Waals surface area contributed by atoms with Crippen LogP contribution in [0.2, 0.25) is 0 Å². The molecule has 1 heterocycles. The molecule has 0 aliphatic carbocycles. The van der Waals surface area contributed by atoms with E-state index in [1.807, 2.05) is 0 Å². The van der Waals surface area contributed by atoms with Crippen LogP contribution in [0.4, 0.5) is 0 Å². The van der Waals surface area contributed by atoms with Crippen LogP contribution in [0.3, 0.4) is 0 Å². The van der Waals surface area contributed by atoms with Crippen LogP contribution in [0.5, 0.6) is 0 Å². The summed E-state index contributed by atoms with van der Waals surface area (Å²) in [5.41, 5.74) is 4.54. The first-order valence-electron chi connectivity index (χ1n) is 6.93. The molecule has 0 fully saturated rings. The van der Waals surface area contributed by atoms with Gasteiger partial charge in [-0.1, -0.05) is 26.0 Å². The zero-order valence-electron chi connectivity index (χ0n) is 12.0. The molecule has 0 N–H and O–H groups in total. The molecular weight excluding hydrogens is 395 g/mol. The monoisotopic (exact) mass is 410 g/mol. The lowest BCUT2D eigenvalue weighted by Gasteiger charge is -2.10. The van der Waals surface area contributed by atoms with Crippen molar-refractivity contribution in [1.82, 2.24) is 9.55 Å². The smallest absolute Gasteiger partial charge is 0.129 e. The van der Waals surface area contributed by atoms with Crippen LogP contribution in [0, 0.1) is 3.57 Å². The Balaban J connectivity index is 2.18. The number of nitrogens with zero attached hydrogens (tertiary/aromatic N) is 2. The highest BCUT2D eigenvalue weighted by Crippen LogP contribution is 2.25. The van der Waals surface area contributed by atoms with Crippen molar-refractivity contribution in [2.75, 3.05) is 0 Å². The minimum Gasteiger partial charge on any atom is -0.295 e. The maximum absolute atomic E-state index is 6.09. The number of rotatable bonds is 3. The van der Waals surface area contributed by atoms with E-state index in [1.54, 1.807) is 0 Å². The Morgan fingerprint density at radius 1 is 1.14 bits per heavy atom. The first-order chi connectivity index (χ1) is 10.1. The van der Waals surface area contributed by atoms with E-state index in [4.69, 9.17) is 11.6 Å². The van der Waals surface area contributed by atoms with Gasteiger partial charge < -0.3 is 0 Å². The van der Waals surface area contributed by atoms with Crippen molar-refractivity contribution >= 4 is 45.2 Å². The van der Waals surface area contributed by atoms with E-state index < -0.39 is 0 Å². The molecule has 0 bridgehead atoms. The molecule has 0 amide bonds. The van der Waals surface area contributed by atoms with E-state index in [1.165, 1.54) is 9.13 Å². The molecule has 4 heteroatoms. The van der Waals surface area contributed by atoms with E-state index in [-0.39, 0.29) is 0 Å². The molecule has 0 atom stereocenters. The summed E-state index contributed by atoms with van der Waals surface area (Å²) in [6, 6.07) is 14.9. The van der Waals surface area contributed by atoms with Gasteiger partial charge in [-0.05, 0) is 64.4 Å². The van der Waals surface area contributed by atoms with Crippen LogP contribution in [0.1, 0.15) is 31.2 Å². The summed E-state index contributed by atoms with van der Waals surface area (Å²) >= 11 is 8.39. The van der Waals surface area contributed by atoms with Gasteiger partial charge in [0.2, 0.25) is 0 Å². The Labute approximate surface area is 143 Å². The highest BCUT2D eigenvalue weighted by Gasteiger charge is 2.12. The second kappa shape index (κ2) is 5.97. The maximum Gasteiger partial charge on any atom is 0.129 e.